The summed E-state index contributed by atoms with van der Waals surface area (Å²) in [4.78, 5) is 4.10. The summed E-state index contributed by atoms with van der Waals surface area (Å²) in [5.41, 5.74) is 13.6. The Labute approximate surface area is 80.8 Å². The molecule has 0 unspecified atom stereocenters. The second-order valence-corrected chi connectivity index (χ2v) is 2.82. The number of anilines is 2. The number of hydrogen-bond donors (Lipinski definition) is 2. The molecule has 0 spiro atoms. The lowest BCUT2D eigenvalue weighted by molar-refractivity contribution is 1.03. The van der Waals surface area contributed by atoms with Gasteiger partial charge in [-0.05, 0) is 18.2 Å². The van der Waals surface area contributed by atoms with Gasteiger partial charge in [0.15, 0.2) is 0 Å². The molecular weight excluding hydrogens is 178 g/mol. The van der Waals surface area contributed by atoms with Crippen LogP contribution in [0, 0.1) is 0 Å². The van der Waals surface area contributed by atoms with Gasteiger partial charge in [-0.2, -0.15) is 5.10 Å². The van der Waals surface area contributed by atoms with Crippen molar-refractivity contribution in [1.82, 2.24) is 15.2 Å². The minimum atomic E-state index is 0.505. The van der Waals surface area contributed by atoms with Crippen LogP contribution in [-0.4, -0.2) is 15.2 Å². The minimum absolute atomic E-state index is 0.505. The molecular formula is C9H9N5. The standard InChI is InChI=1S/C9H9N5/c10-6-4-7(11)9(12-5-6)8-2-1-3-13-14-8/h1-5H,10-11H2. The normalized spacial score (nSPS) is 10.0. The molecule has 0 radical (unpaired) electrons. The highest BCUT2D eigenvalue weighted by Crippen LogP contribution is 2.21. The van der Waals surface area contributed by atoms with Crippen LogP contribution in [0.2, 0.25) is 0 Å². The average Bonchev–Trinajstić information content (AvgIpc) is 2.19. The lowest BCUT2D eigenvalue weighted by atomic mass is 10.2. The summed E-state index contributed by atoms with van der Waals surface area (Å²) in [5, 5.41) is 7.65. The van der Waals surface area contributed by atoms with Crippen molar-refractivity contribution in [2.45, 2.75) is 0 Å². The first-order valence-corrected chi connectivity index (χ1v) is 4.06. The van der Waals surface area contributed by atoms with Crippen LogP contribution in [0.25, 0.3) is 11.4 Å². The van der Waals surface area contributed by atoms with E-state index >= 15 is 0 Å². The quantitative estimate of drug-likeness (QED) is 0.685. The predicted molar refractivity (Wildman–Crippen MR) is 54.1 cm³/mol. The third kappa shape index (κ3) is 1.47. The summed E-state index contributed by atoms with van der Waals surface area (Å²) < 4.78 is 0. The zero-order valence-corrected chi connectivity index (χ0v) is 7.38. The molecule has 2 aromatic rings. The van der Waals surface area contributed by atoms with E-state index in [0.29, 0.717) is 22.8 Å². The van der Waals surface area contributed by atoms with Crippen molar-refractivity contribution in [2.75, 3.05) is 11.5 Å². The van der Waals surface area contributed by atoms with Crippen LogP contribution in [0.5, 0.6) is 0 Å². The topological polar surface area (TPSA) is 90.7 Å². The predicted octanol–water partition coefficient (Wildman–Crippen LogP) is 0.703. The van der Waals surface area contributed by atoms with Gasteiger partial charge in [-0.3, -0.25) is 4.98 Å². The first-order valence-electron chi connectivity index (χ1n) is 4.06. The number of nitrogens with zero attached hydrogens (tertiary/aromatic N) is 3. The summed E-state index contributed by atoms with van der Waals surface area (Å²) in [6, 6.07) is 5.22. The minimum Gasteiger partial charge on any atom is -0.397 e. The molecule has 5 nitrogen and oxygen atoms in total. The Kier molecular flexibility index (Phi) is 1.98. The number of nitrogen functional groups attached to an aromatic ring is 2. The van der Waals surface area contributed by atoms with Crippen LogP contribution in [0.4, 0.5) is 11.4 Å². The smallest absolute Gasteiger partial charge is 0.114 e. The van der Waals surface area contributed by atoms with E-state index in [1.165, 1.54) is 0 Å². The molecule has 0 aliphatic rings. The van der Waals surface area contributed by atoms with Crippen molar-refractivity contribution < 1.29 is 0 Å². The van der Waals surface area contributed by atoms with E-state index < -0.39 is 0 Å². The fourth-order valence-corrected chi connectivity index (χ4v) is 1.14. The Morgan fingerprint density at radius 1 is 1.21 bits per heavy atom. The van der Waals surface area contributed by atoms with Crippen molar-refractivity contribution in [2.24, 2.45) is 0 Å². The summed E-state index contributed by atoms with van der Waals surface area (Å²) in [7, 11) is 0. The van der Waals surface area contributed by atoms with Crippen LogP contribution in [0.3, 0.4) is 0 Å². The third-order valence-electron chi connectivity index (χ3n) is 1.75. The molecule has 2 rings (SSSR count). The molecule has 0 atom stereocenters. The van der Waals surface area contributed by atoms with Gasteiger partial charge < -0.3 is 11.5 Å². The van der Waals surface area contributed by atoms with Crippen LogP contribution in [-0.2, 0) is 0 Å². The van der Waals surface area contributed by atoms with Gasteiger partial charge in [0.05, 0.1) is 17.6 Å². The Balaban J connectivity index is 2.53. The van der Waals surface area contributed by atoms with Gasteiger partial charge in [0.1, 0.15) is 11.4 Å². The van der Waals surface area contributed by atoms with Gasteiger partial charge in [-0.1, -0.05) is 0 Å². The van der Waals surface area contributed by atoms with E-state index in [2.05, 4.69) is 15.2 Å². The van der Waals surface area contributed by atoms with Crippen molar-refractivity contribution in [3.63, 3.8) is 0 Å². The van der Waals surface area contributed by atoms with Gasteiger partial charge in [0, 0.05) is 6.20 Å². The average molecular weight is 187 g/mol. The van der Waals surface area contributed by atoms with Gasteiger partial charge in [0.25, 0.3) is 0 Å². The number of pyridine rings is 1. The lowest BCUT2D eigenvalue weighted by Gasteiger charge is -2.03. The number of nitrogens with two attached hydrogens (primary N) is 2. The molecule has 70 valence electrons. The van der Waals surface area contributed by atoms with E-state index in [9.17, 15) is 0 Å². The van der Waals surface area contributed by atoms with Gasteiger partial charge in [-0.15, -0.1) is 5.10 Å². The van der Waals surface area contributed by atoms with Crippen molar-refractivity contribution >= 4 is 11.4 Å². The fraction of sp³-hybridized carbons (Fsp3) is 0. The van der Waals surface area contributed by atoms with Crippen LogP contribution >= 0.6 is 0 Å². The molecule has 0 aliphatic carbocycles. The maximum Gasteiger partial charge on any atom is 0.114 e. The van der Waals surface area contributed by atoms with E-state index in [1.807, 2.05) is 0 Å². The molecule has 0 aliphatic heterocycles. The number of rotatable bonds is 1. The Morgan fingerprint density at radius 3 is 2.71 bits per heavy atom. The zero-order valence-electron chi connectivity index (χ0n) is 7.38. The molecule has 0 amide bonds. The first-order chi connectivity index (χ1) is 6.77. The highest BCUT2D eigenvalue weighted by molar-refractivity contribution is 5.71. The maximum atomic E-state index is 5.74. The molecule has 0 fully saturated rings. The summed E-state index contributed by atoms with van der Waals surface area (Å²) >= 11 is 0. The van der Waals surface area contributed by atoms with Gasteiger partial charge >= 0.3 is 0 Å². The number of hydrogen-bond acceptors (Lipinski definition) is 5. The molecule has 5 heteroatoms. The summed E-state index contributed by atoms with van der Waals surface area (Å²) in [6.45, 7) is 0. The largest absolute Gasteiger partial charge is 0.397 e. The summed E-state index contributed by atoms with van der Waals surface area (Å²) in [5.74, 6) is 0. The molecule has 14 heavy (non-hydrogen) atoms. The highest BCUT2D eigenvalue weighted by atomic mass is 15.1. The van der Waals surface area contributed by atoms with E-state index in [0.717, 1.165) is 0 Å². The molecule has 0 aromatic carbocycles. The maximum absolute atomic E-state index is 5.74. The summed E-state index contributed by atoms with van der Waals surface area (Å²) in [6.07, 6.45) is 3.14. The van der Waals surface area contributed by atoms with Crippen molar-refractivity contribution in [1.29, 1.82) is 0 Å². The van der Waals surface area contributed by atoms with Crippen molar-refractivity contribution in [3.05, 3.63) is 30.6 Å². The van der Waals surface area contributed by atoms with Gasteiger partial charge in [-0.25, -0.2) is 0 Å². The Morgan fingerprint density at radius 2 is 2.07 bits per heavy atom. The fourth-order valence-electron chi connectivity index (χ4n) is 1.14. The van der Waals surface area contributed by atoms with Crippen molar-refractivity contribution in [3.8, 4) is 11.4 Å². The SMILES string of the molecule is Nc1cnc(-c2cccnn2)c(N)c1. The Bertz CT molecular complexity index is 440. The van der Waals surface area contributed by atoms with E-state index in [4.69, 9.17) is 11.5 Å². The van der Waals surface area contributed by atoms with Gasteiger partial charge in [0.2, 0.25) is 0 Å². The molecule has 0 saturated carbocycles. The molecule has 0 saturated heterocycles. The molecule has 0 bridgehead atoms. The molecule has 2 aromatic heterocycles. The first kappa shape index (κ1) is 8.43. The van der Waals surface area contributed by atoms with Crippen LogP contribution in [0.15, 0.2) is 30.6 Å². The lowest BCUT2D eigenvalue weighted by Crippen LogP contribution is -1.98. The third-order valence-corrected chi connectivity index (χ3v) is 1.75. The van der Waals surface area contributed by atoms with E-state index in [-0.39, 0.29) is 0 Å². The monoisotopic (exact) mass is 187 g/mol. The van der Waals surface area contributed by atoms with Crippen LogP contribution in [0.1, 0.15) is 0 Å². The Hall–Kier alpha value is -2.17. The highest BCUT2D eigenvalue weighted by Gasteiger charge is 2.05. The van der Waals surface area contributed by atoms with Crippen LogP contribution < -0.4 is 11.5 Å². The molecule has 2 heterocycles. The second-order valence-electron chi connectivity index (χ2n) is 2.82. The van der Waals surface area contributed by atoms with E-state index in [1.54, 1.807) is 30.6 Å². The zero-order chi connectivity index (χ0) is 9.97. The molecule has 4 N–H and O–H groups in total. The second kappa shape index (κ2) is 3.29. The number of aromatic nitrogens is 3.